The minimum absolute atomic E-state index is 0.0394. The Kier molecular flexibility index (Phi) is 1.57. The molecule has 4 bridgehead atoms. The van der Waals surface area contributed by atoms with Gasteiger partial charge in [-0.1, -0.05) is 0 Å². The van der Waals surface area contributed by atoms with Gasteiger partial charge >= 0.3 is 0 Å². The van der Waals surface area contributed by atoms with Gasteiger partial charge in [0.25, 0.3) is 0 Å². The van der Waals surface area contributed by atoms with E-state index in [9.17, 15) is 4.79 Å². The Balaban J connectivity index is 1.70. The van der Waals surface area contributed by atoms with Crippen molar-refractivity contribution < 1.29 is 4.79 Å². The van der Waals surface area contributed by atoms with Crippen molar-refractivity contribution in [2.24, 2.45) is 35.0 Å². The molecule has 15 heavy (non-hydrogen) atoms. The van der Waals surface area contributed by atoms with Gasteiger partial charge < -0.3 is 0 Å². The third-order valence-electron chi connectivity index (χ3n) is 5.98. The predicted molar refractivity (Wildman–Crippen MR) is 58.4 cm³/mol. The average Bonchev–Trinajstić information content (AvgIpc) is 2.89. The molecule has 5 rings (SSSR count). The first-order valence-electron chi connectivity index (χ1n) is 6.39. The zero-order valence-corrected chi connectivity index (χ0v) is 9.67. The molecule has 5 saturated carbocycles. The lowest BCUT2D eigenvalue weighted by molar-refractivity contribution is -0.117. The molecule has 1 atom stereocenters. The molecule has 0 aromatic carbocycles. The van der Waals surface area contributed by atoms with Crippen LogP contribution in [0.2, 0.25) is 0 Å². The van der Waals surface area contributed by atoms with Crippen molar-refractivity contribution in [1.29, 1.82) is 0 Å². The molecule has 5 aliphatic carbocycles. The van der Waals surface area contributed by atoms with Crippen LogP contribution in [-0.2, 0) is 4.79 Å². The third-order valence-corrected chi connectivity index (χ3v) is 6.24. The molecule has 0 radical (unpaired) electrons. The van der Waals surface area contributed by atoms with E-state index in [1.165, 1.54) is 32.1 Å². The molecule has 0 unspecified atom stereocenters. The highest BCUT2D eigenvalue weighted by Gasteiger charge is 2.70. The summed E-state index contributed by atoms with van der Waals surface area (Å²) in [4.78, 5) is 11.4. The van der Waals surface area contributed by atoms with Gasteiger partial charge in [-0.3, -0.25) is 4.79 Å². The predicted octanol–water partition coefficient (Wildman–Crippen LogP) is 3.21. The molecule has 2 heteroatoms. The fraction of sp³-hybridized carbons (Fsp3) is 0.923. The van der Waals surface area contributed by atoms with Crippen molar-refractivity contribution in [1.82, 2.24) is 0 Å². The molecule has 5 aliphatic rings. The van der Waals surface area contributed by atoms with Crippen molar-refractivity contribution in [3.63, 3.8) is 0 Å². The number of rotatable bonds is 1. The lowest BCUT2D eigenvalue weighted by atomic mass is 9.49. The summed E-state index contributed by atoms with van der Waals surface area (Å²) < 4.78 is 0. The molecule has 0 amide bonds. The van der Waals surface area contributed by atoms with Crippen LogP contribution in [0.25, 0.3) is 0 Å². The van der Waals surface area contributed by atoms with Crippen molar-refractivity contribution in [2.75, 3.05) is 0 Å². The molecule has 0 aromatic rings. The van der Waals surface area contributed by atoms with E-state index in [0.29, 0.717) is 5.41 Å². The fourth-order valence-electron chi connectivity index (χ4n) is 5.55. The van der Waals surface area contributed by atoms with E-state index in [1.807, 2.05) is 0 Å². The zero-order valence-electron chi connectivity index (χ0n) is 8.92. The van der Waals surface area contributed by atoms with E-state index >= 15 is 0 Å². The maximum Gasteiger partial charge on any atom is 0.225 e. The largest absolute Gasteiger partial charge is 0.281 e. The zero-order chi connectivity index (χ0) is 10.2. The van der Waals surface area contributed by atoms with Gasteiger partial charge in [0.2, 0.25) is 5.24 Å². The number of carbonyl (C=O) groups is 1. The van der Waals surface area contributed by atoms with E-state index in [4.69, 9.17) is 11.6 Å². The number of hydrogen-bond acceptors (Lipinski definition) is 1. The molecule has 0 aliphatic heterocycles. The molecule has 82 valence electrons. The number of hydrogen-bond donors (Lipinski definition) is 0. The molecule has 1 spiro atoms. The topological polar surface area (TPSA) is 17.1 Å². The summed E-state index contributed by atoms with van der Waals surface area (Å²) in [5.41, 5.74) is 0.409. The van der Waals surface area contributed by atoms with Crippen LogP contribution in [0.1, 0.15) is 38.5 Å². The summed E-state index contributed by atoms with van der Waals surface area (Å²) in [6.45, 7) is 0. The van der Waals surface area contributed by atoms with E-state index < -0.39 is 0 Å². The van der Waals surface area contributed by atoms with Gasteiger partial charge in [0, 0.05) is 5.92 Å². The lowest BCUT2D eigenvalue weighted by Gasteiger charge is -2.55. The maximum atomic E-state index is 11.4. The Hall–Kier alpha value is -0.0400. The van der Waals surface area contributed by atoms with E-state index in [-0.39, 0.29) is 11.2 Å². The summed E-state index contributed by atoms with van der Waals surface area (Å²) >= 11 is 5.72. The van der Waals surface area contributed by atoms with Crippen LogP contribution in [0.15, 0.2) is 0 Å². The van der Waals surface area contributed by atoms with E-state index in [0.717, 1.165) is 30.1 Å². The van der Waals surface area contributed by atoms with Crippen molar-refractivity contribution in [2.45, 2.75) is 38.5 Å². The van der Waals surface area contributed by atoms with Gasteiger partial charge in [-0.2, -0.15) is 0 Å². The number of halogens is 1. The second kappa shape index (κ2) is 2.61. The Bertz CT molecular complexity index is 307. The van der Waals surface area contributed by atoms with Gasteiger partial charge in [0.1, 0.15) is 0 Å². The second-order valence-corrected chi connectivity index (χ2v) is 6.85. The third kappa shape index (κ3) is 0.988. The standard InChI is InChI=1S/C13H17ClO/c14-12(15)11-6-13(11)9-2-7-1-8(4-9)5-10(13)3-7/h7-11H,1-6H2/t7?,8?,9?,10?,11-,13?/m0/s1. The van der Waals surface area contributed by atoms with Crippen molar-refractivity contribution >= 4 is 16.8 Å². The highest BCUT2D eigenvalue weighted by Crippen LogP contribution is 2.75. The maximum absolute atomic E-state index is 11.4. The summed E-state index contributed by atoms with van der Waals surface area (Å²) in [7, 11) is 0. The second-order valence-electron chi connectivity index (χ2n) is 6.48. The highest BCUT2D eigenvalue weighted by molar-refractivity contribution is 6.64. The SMILES string of the molecule is O=C(Cl)[C@@H]1CC12C1CC3CC(C1)CC2C3. The van der Waals surface area contributed by atoms with Gasteiger partial charge in [0.05, 0.1) is 0 Å². The molecule has 0 heterocycles. The summed E-state index contributed by atoms with van der Waals surface area (Å²) in [5.74, 6) is 3.98. The monoisotopic (exact) mass is 224 g/mol. The Morgan fingerprint density at radius 3 is 1.93 bits per heavy atom. The van der Waals surface area contributed by atoms with Gasteiger partial charge in [0.15, 0.2) is 0 Å². The van der Waals surface area contributed by atoms with Gasteiger partial charge in [-0.25, -0.2) is 0 Å². The highest BCUT2D eigenvalue weighted by atomic mass is 35.5. The van der Waals surface area contributed by atoms with Crippen molar-refractivity contribution in [3.8, 4) is 0 Å². The van der Waals surface area contributed by atoms with Crippen LogP contribution in [0, 0.1) is 35.0 Å². The summed E-state index contributed by atoms with van der Waals surface area (Å²) in [6, 6.07) is 0. The molecule has 1 nitrogen and oxygen atoms in total. The first-order chi connectivity index (χ1) is 7.20. The quantitative estimate of drug-likeness (QED) is 0.625. The molecular weight excluding hydrogens is 208 g/mol. The van der Waals surface area contributed by atoms with Crippen LogP contribution in [-0.4, -0.2) is 5.24 Å². The van der Waals surface area contributed by atoms with Crippen LogP contribution in [0.5, 0.6) is 0 Å². The Morgan fingerprint density at radius 2 is 1.53 bits per heavy atom. The minimum Gasteiger partial charge on any atom is -0.281 e. The lowest BCUT2D eigenvalue weighted by Crippen LogP contribution is -2.47. The van der Waals surface area contributed by atoms with E-state index in [1.54, 1.807) is 0 Å². The van der Waals surface area contributed by atoms with Crippen LogP contribution >= 0.6 is 11.6 Å². The average molecular weight is 225 g/mol. The summed E-state index contributed by atoms with van der Waals surface area (Å²) in [5, 5.41) is -0.0394. The molecule has 0 aromatic heterocycles. The Labute approximate surface area is 95.6 Å². The van der Waals surface area contributed by atoms with E-state index in [2.05, 4.69) is 0 Å². The molecule has 0 N–H and O–H groups in total. The minimum atomic E-state index is -0.0394. The smallest absolute Gasteiger partial charge is 0.225 e. The molecule has 0 saturated heterocycles. The van der Waals surface area contributed by atoms with Crippen LogP contribution in [0.4, 0.5) is 0 Å². The van der Waals surface area contributed by atoms with Gasteiger partial charge in [-0.05, 0) is 79.2 Å². The van der Waals surface area contributed by atoms with Gasteiger partial charge in [-0.15, -0.1) is 0 Å². The first-order valence-corrected chi connectivity index (χ1v) is 6.77. The first kappa shape index (κ1) is 9.04. The molecule has 5 fully saturated rings. The molecular formula is C13H17ClO. The Morgan fingerprint density at radius 1 is 1.00 bits per heavy atom. The number of carbonyl (C=O) groups excluding carboxylic acids is 1. The van der Waals surface area contributed by atoms with Crippen LogP contribution < -0.4 is 0 Å². The summed E-state index contributed by atoms with van der Waals surface area (Å²) in [6.07, 6.45) is 8.26. The fourth-order valence-corrected chi connectivity index (χ4v) is 5.83. The van der Waals surface area contributed by atoms with Crippen molar-refractivity contribution in [3.05, 3.63) is 0 Å². The normalized spacial score (nSPS) is 59.9. The van der Waals surface area contributed by atoms with Crippen LogP contribution in [0.3, 0.4) is 0 Å².